The van der Waals surface area contributed by atoms with Gasteiger partial charge in [0.25, 0.3) is 0 Å². The Kier molecular flexibility index (Phi) is 5.95. The molecule has 1 amide bonds. The molecule has 2 saturated carbocycles. The molecule has 0 bridgehead atoms. The smallest absolute Gasteiger partial charge is 0.214 e. The number of hydrogen-bond donors (Lipinski definition) is 2. The molecule has 0 atom stereocenters. The normalized spacial score (nSPS) is 25.7. The summed E-state index contributed by atoms with van der Waals surface area (Å²) < 4.78 is 28.1. The van der Waals surface area contributed by atoms with E-state index in [1.165, 1.54) is 18.3 Å². The van der Waals surface area contributed by atoms with Crippen LogP contribution in [0.5, 0.6) is 0 Å². The predicted molar refractivity (Wildman–Crippen MR) is 124 cm³/mol. The second-order valence-corrected chi connectivity index (χ2v) is 9.12. The van der Waals surface area contributed by atoms with E-state index in [4.69, 9.17) is 0 Å². The van der Waals surface area contributed by atoms with Gasteiger partial charge in [-0.1, -0.05) is 12.1 Å². The van der Waals surface area contributed by atoms with Crippen LogP contribution in [0.3, 0.4) is 0 Å². The van der Waals surface area contributed by atoms with Crippen LogP contribution < -0.4 is 10.2 Å². The zero-order chi connectivity index (χ0) is 23.7. The molecule has 0 aliphatic heterocycles. The van der Waals surface area contributed by atoms with Crippen LogP contribution in [0.1, 0.15) is 31.4 Å². The number of amides is 1. The van der Waals surface area contributed by atoms with Crippen molar-refractivity contribution in [3.63, 3.8) is 0 Å². The highest BCUT2D eigenvalue weighted by Crippen LogP contribution is 2.45. The van der Waals surface area contributed by atoms with Crippen molar-refractivity contribution < 1.29 is 18.7 Å². The van der Waals surface area contributed by atoms with Crippen LogP contribution in [0.25, 0.3) is 11.3 Å². The fourth-order valence-corrected chi connectivity index (χ4v) is 4.80. The highest BCUT2D eigenvalue weighted by atomic mass is 19.1. The van der Waals surface area contributed by atoms with E-state index in [2.05, 4.69) is 20.5 Å². The summed E-state index contributed by atoms with van der Waals surface area (Å²) in [6.07, 6.45) is 2.52. The number of halogens is 2. The van der Waals surface area contributed by atoms with Gasteiger partial charge in [-0.2, -0.15) is 0 Å². The maximum Gasteiger partial charge on any atom is 0.214 e. The first-order valence-electron chi connectivity index (χ1n) is 11.3. The van der Waals surface area contributed by atoms with Crippen molar-refractivity contribution in [3.8, 4) is 11.3 Å². The fraction of sp³-hybridized carbons (Fsp3) is 0.360. The number of carbonyl (C=O) groups excluding carboxylic acids is 1. The number of carbonyl (C=O) groups is 1. The van der Waals surface area contributed by atoms with Crippen molar-refractivity contribution in [3.05, 3.63) is 66.2 Å². The zero-order valence-electron chi connectivity index (χ0n) is 18.4. The van der Waals surface area contributed by atoms with Gasteiger partial charge in [-0.05, 0) is 62.1 Å². The third-order valence-electron chi connectivity index (χ3n) is 6.79. The number of hydrogen-bond acceptors (Lipinski definition) is 6. The van der Waals surface area contributed by atoms with Crippen molar-refractivity contribution in [2.24, 2.45) is 0 Å². The highest BCUT2D eigenvalue weighted by Gasteiger charge is 2.48. The number of pyridine rings is 1. The first-order chi connectivity index (χ1) is 16.5. The van der Waals surface area contributed by atoms with Crippen LogP contribution >= 0.6 is 0 Å². The van der Waals surface area contributed by atoms with Crippen LogP contribution in [-0.2, 0) is 10.2 Å². The van der Waals surface area contributed by atoms with E-state index in [-0.39, 0.29) is 30.7 Å². The second-order valence-electron chi connectivity index (χ2n) is 9.12. The van der Waals surface area contributed by atoms with Crippen LogP contribution in [0.2, 0.25) is 0 Å². The van der Waals surface area contributed by atoms with E-state index in [1.807, 2.05) is 24.3 Å². The average molecular weight is 466 g/mol. The summed E-state index contributed by atoms with van der Waals surface area (Å²) in [5, 5.41) is 21.3. The quantitative estimate of drug-likeness (QED) is 0.494. The Morgan fingerprint density at radius 1 is 1.15 bits per heavy atom. The number of nitrogens with one attached hydrogen (secondary N) is 1. The van der Waals surface area contributed by atoms with E-state index >= 15 is 0 Å². The zero-order valence-corrected chi connectivity index (χ0v) is 18.4. The number of alkyl halides is 1. The standard InChI is InChI=1S/C25H25F2N5O2/c26-17-12-25(13-17,24-21(27)5-2-8-28-24)14-29-23-7-6-22(30-31-23)16-3-1-4-18(9-16)32(15-33)19-10-20(34)11-19/h1-9,15,17,19-20,34H,10-14H2,(H,29,31). The van der Waals surface area contributed by atoms with Crippen LogP contribution in [0.15, 0.2) is 54.7 Å². The molecular formula is C25H25F2N5O2. The van der Waals surface area contributed by atoms with Crippen molar-refractivity contribution in [2.45, 2.75) is 49.4 Å². The number of benzene rings is 1. The third-order valence-corrected chi connectivity index (χ3v) is 6.79. The first kappa shape index (κ1) is 22.3. The minimum absolute atomic E-state index is 0.00732. The average Bonchev–Trinajstić information content (AvgIpc) is 2.81. The first-order valence-corrected chi connectivity index (χ1v) is 11.3. The van der Waals surface area contributed by atoms with Gasteiger partial charge in [-0.25, -0.2) is 8.78 Å². The van der Waals surface area contributed by atoms with Crippen LogP contribution in [-0.4, -0.2) is 51.6 Å². The highest BCUT2D eigenvalue weighted by molar-refractivity contribution is 5.79. The Hall–Kier alpha value is -3.46. The topological polar surface area (TPSA) is 91.2 Å². The van der Waals surface area contributed by atoms with Gasteiger partial charge in [0.2, 0.25) is 6.41 Å². The van der Waals surface area contributed by atoms with E-state index in [9.17, 15) is 18.7 Å². The minimum atomic E-state index is -0.974. The molecule has 2 heterocycles. The fourth-order valence-electron chi connectivity index (χ4n) is 4.80. The SMILES string of the molecule is O=CN(c1cccc(-c2ccc(NCC3(c4ncccc4F)CC(F)C3)nn2)c1)C1CC(O)C1. The maximum atomic E-state index is 14.3. The van der Waals surface area contributed by atoms with Crippen LogP contribution in [0, 0.1) is 5.82 Å². The molecule has 7 nitrogen and oxygen atoms in total. The lowest BCUT2D eigenvalue weighted by atomic mass is 9.65. The Morgan fingerprint density at radius 3 is 2.62 bits per heavy atom. The van der Waals surface area contributed by atoms with Gasteiger partial charge in [0.05, 0.1) is 17.5 Å². The van der Waals surface area contributed by atoms with Crippen molar-refractivity contribution in [1.29, 1.82) is 0 Å². The number of aliphatic hydroxyl groups excluding tert-OH is 1. The summed E-state index contributed by atoms with van der Waals surface area (Å²) in [5.74, 6) is 0.0641. The minimum Gasteiger partial charge on any atom is -0.393 e. The van der Waals surface area contributed by atoms with Crippen molar-refractivity contribution in [2.75, 3.05) is 16.8 Å². The molecule has 176 valence electrons. The molecule has 34 heavy (non-hydrogen) atoms. The lowest BCUT2D eigenvalue weighted by Crippen LogP contribution is -2.49. The van der Waals surface area contributed by atoms with Gasteiger partial charge in [0.15, 0.2) is 0 Å². The molecule has 0 radical (unpaired) electrons. The Labute approximate surface area is 195 Å². The largest absolute Gasteiger partial charge is 0.393 e. The van der Waals surface area contributed by atoms with Gasteiger partial charge in [-0.3, -0.25) is 9.78 Å². The number of rotatable bonds is 8. The van der Waals surface area contributed by atoms with Gasteiger partial charge < -0.3 is 15.3 Å². The number of anilines is 2. The Balaban J connectivity index is 1.29. The maximum absolute atomic E-state index is 14.3. The molecule has 2 aliphatic rings. The predicted octanol–water partition coefficient (Wildman–Crippen LogP) is 3.65. The van der Waals surface area contributed by atoms with Gasteiger partial charge in [0.1, 0.15) is 17.8 Å². The van der Waals surface area contributed by atoms with E-state index in [0.29, 0.717) is 30.9 Å². The van der Waals surface area contributed by atoms with Crippen molar-refractivity contribution in [1.82, 2.24) is 15.2 Å². The molecule has 1 aromatic carbocycles. The van der Waals surface area contributed by atoms with Gasteiger partial charge in [-0.15, -0.1) is 10.2 Å². The molecule has 3 aromatic rings. The molecule has 0 spiro atoms. The molecule has 2 aliphatic carbocycles. The summed E-state index contributed by atoms with van der Waals surface area (Å²) >= 11 is 0. The summed E-state index contributed by atoms with van der Waals surface area (Å²) in [6.45, 7) is 0.298. The van der Waals surface area contributed by atoms with E-state index in [1.54, 1.807) is 17.0 Å². The lowest BCUT2D eigenvalue weighted by molar-refractivity contribution is -0.108. The molecular weight excluding hydrogens is 440 g/mol. The second kappa shape index (κ2) is 9.06. The molecule has 5 rings (SSSR count). The molecule has 2 fully saturated rings. The molecule has 9 heteroatoms. The monoisotopic (exact) mass is 465 g/mol. The Morgan fingerprint density at radius 2 is 1.97 bits per heavy atom. The van der Waals surface area contributed by atoms with Crippen LogP contribution in [0.4, 0.5) is 20.3 Å². The summed E-state index contributed by atoms with van der Waals surface area (Å²) in [6, 6.07) is 13.9. The molecule has 0 unspecified atom stereocenters. The van der Waals surface area contributed by atoms with E-state index < -0.39 is 17.4 Å². The Bertz CT molecular complexity index is 1160. The summed E-state index contributed by atoms with van der Waals surface area (Å²) in [7, 11) is 0. The van der Waals surface area contributed by atoms with Gasteiger partial charge >= 0.3 is 0 Å². The summed E-state index contributed by atoms with van der Waals surface area (Å²) in [5.41, 5.74) is 1.72. The third kappa shape index (κ3) is 4.23. The number of aromatic nitrogens is 3. The lowest BCUT2D eigenvalue weighted by Gasteiger charge is -2.44. The van der Waals surface area contributed by atoms with E-state index in [0.717, 1.165) is 17.7 Å². The molecule has 0 saturated heterocycles. The number of aliphatic hydroxyl groups is 1. The molecule has 2 N–H and O–H groups in total. The summed E-state index contributed by atoms with van der Waals surface area (Å²) in [4.78, 5) is 17.4. The van der Waals surface area contributed by atoms with Crippen molar-refractivity contribution >= 4 is 17.9 Å². The molecule has 2 aromatic heterocycles. The van der Waals surface area contributed by atoms with Gasteiger partial charge in [0, 0.05) is 35.4 Å². The number of nitrogens with zero attached hydrogens (tertiary/aromatic N) is 4.